The van der Waals surface area contributed by atoms with Crippen LogP contribution in [0.1, 0.15) is 130 Å². The molecule has 530 valence electrons. The first kappa shape index (κ1) is 66.8. The van der Waals surface area contributed by atoms with Crippen LogP contribution in [0.5, 0.6) is 0 Å². The molecule has 0 unspecified atom stereocenters. The number of aromatic nitrogens is 2. The van der Waals surface area contributed by atoms with Gasteiger partial charge in [0.15, 0.2) is 0 Å². The minimum atomic E-state index is -0.192. The molecule has 4 nitrogen and oxygen atoms in total. The second-order valence-corrected chi connectivity index (χ2v) is 35.4. The predicted octanol–water partition coefficient (Wildman–Crippen LogP) is 26.3. The van der Waals surface area contributed by atoms with Crippen LogP contribution in [0.3, 0.4) is 0 Å². The van der Waals surface area contributed by atoms with Crippen LogP contribution in [0.2, 0.25) is 0 Å². The number of rotatable bonds is 9. The van der Waals surface area contributed by atoms with Gasteiger partial charge in [0.2, 0.25) is 0 Å². The van der Waals surface area contributed by atoms with Gasteiger partial charge < -0.3 is 18.9 Å². The summed E-state index contributed by atoms with van der Waals surface area (Å²) >= 11 is 0. The van der Waals surface area contributed by atoms with Crippen molar-refractivity contribution in [1.29, 1.82) is 0 Å². The maximum Gasteiger partial charge on any atom is 0.252 e. The van der Waals surface area contributed by atoms with Gasteiger partial charge in [-0.3, -0.25) is 0 Å². The average molecular weight is 1410 g/mol. The summed E-state index contributed by atoms with van der Waals surface area (Å²) in [5.74, 6) is 0. The van der Waals surface area contributed by atoms with Crippen LogP contribution in [-0.2, 0) is 27.1 Å². The number of para-hydroxylation sites is 2. The molecule has 16 aromatic rings. The molecule has 0 atom stereocenters. The SMILES string of the molecule is CC(C)(C)c1ccc(-c2ccc3c(c2)B2c4ccc(-n5c6ccc(-c7ccccc7)cc6c6cc(-c7ccccc7)ccc65)cc4N(c4ccc(-c5ccc6c(c5)C(C)(C)CCC6(C)C)cc4)c4cc(-n5c6ccccc6c6ccccc65)cc(c42)N3c2ccc(-c3ccc4c(c3)C(C)(C)CCC4(C)C)cc2)cc1. The first-order valence-electron chi connectivity index (χ1n) is 39.5. The summed E-state index contributed by atoms with van der Waals surface area (Å²) in [6, 6.07) is 117. The lowest BCUT2D eigenvalue weighted by atomic mass is 9.33. The number of anilines is 6. The number of fused-ring (bicyclic) bond motifs is 12. The highest BCUT2D eigenvalue weighted by molar-refractivity contribution is 7.00. The highest BCUT2D eigenvalue weighted by Crippen LogP contribution is 2.52. The van der Waals surface area contributed by atoms with E-state index in [1.54, 1.807) is 0 Å². The highest BCUT2D eigenvalue weighted by atomic mass is 15.2. The Morgan fingerprint density at radius 2 is 0.615 bits per heavy atom. The van der Waals surface area contributed by atoms with Crippen molar-refractivity contribution < 1.29 is 0 Å². The molecule has 0 saturated carbocycles. The zero-order chi connectivity index (χ0) is 74.2. The molecule has 5 heteroatoms. The van der Waals surface area contributed by atoms with Crippen LogP contribution in [0, 0.1) is 0 Å². The van der Waals surface area contributed by atoms with Crippen molar-refractivity contribution in [2.45, 2.75) is 129 Å². The molecule has 0 amide bonds. The van der Waals surface area contributed by atoms with Crippen LogP contribution in [0.4, 0.5) is 34.1 Å². The van der Waals surface area contributed by atoms with Crippen LogP contribution >= 0.6 is 0 Å². The first-order chi connectivity index (χ1) is 52.6. The average Bonchev–Trinajstić information content (AvgIpc) is 1.69. The quantitative estimate of drug-likeness (QED) is 0.134. The normalized spacial score (nSPS) is 15.8. The Hall–Kier alpha value is -11.7. The lowest BCUT2D eigenvalue weighted by Crippen LogP contribution is -2.61. The van der Waals surface area contributed by atoms with E-state index in [2.05, 4.69) is 398 Å². The lowest BCUT2D eigenvalue weighted by molar-refractivity contribution is 0.332. The number of nitrogens with zero attached hydrogens (tertiary/aromatic N) is 4. The molecule has 14 aromatic carbocycles. The van der Waals surface area contributed by atoms with Gasteiger partial charge >= 0.3 is 0 Å². The van der Waals surface area contributed by atoms with Gasteiger partial charge in [0, 0.05) is 61.4 Å². The molecular formula is C104H91BN4. The molecule has 0 bridgehead atoms. The third-order valence-electron chi connectivity index (χ3n) is 25.8. The Balaban J connectivity index is 0.859. The van der Waals surface area contributed by atoms with Gasteiger partial charge in [0.1, 0.15) is 0 Å². The molecule has 4 aliphatic rings. The second-order valence-electron chi connectivity index (χ2n) is 35.4. The summed E-state index contributed by atoms with van der Waals surface area (Å²) in [6.07, 6.45) is 4.69. The van der Waals surface area contributed by atoms with E-state index in [1.165, 1.54) is 157 Å². The first-order valence-corrected chi connectivity index (χ1v) is 39.5. The Morgan fingerprint density at radius 3 is 1.10 bits per heavy atom. The smallest absolute Gasteiger partial charge is 0.252 e. The third-order valence-corrected chi connectivity index (χ3v) is 25.8. The number of hydrogen-bond donors (Lipinski definition) is 0. The van der Waals surface area contributed by atoms with Crippen molar-refractivity contribution in [3.63, 3.8) is 0 Å². The number of benzene rings is 14. The van der Waals surface area contributed by atoms with E-state index in [0.717, 1.165) is 57.3 Å². The Kier molecular flexibility index (Phi) is 15.0. The molecule has 20 rings (SSSR count). The van der Waals surface area contributed by atoms with Crippen molar-refractivity contribution in [2.24, 2.45) is 0 Å². The fourth-order valence-corrected chi connectivity index (χ4v) is 19.4. The lowest BCUT2D eigenvalue weighted by Gasteiger charge is -2.44. The van der Waals surface area contributed by atoms with Crippen LogP contribution in [0.25, 0.3) is 111 Å². The third kappa shape index (κ3) is 10.8. The van der Waals surface area contributed by atoms with Crippen LogP contribution < -0.4 is 26.2 Å². The summed E-state index contributed by atoms with van der Waals surface area (Å²) in [6.45, 7) is 26.2. The maximum atomic E-state index is 2.64. The largest absolute Gasteiger partial charge is 0.311 e. The summed E-state index contributed by atoms with van der Waals surface area (Å²) in [4.78, 5) is 5.25. The van der Waals surface area contributed by atoms with Crippen molar-refractivity contribution in [3.05, 3.63) is 331 Å². The molecule has 2 aliphatic heterocycles. The minimum absolute atomic E-state index is 0.0119. The van der Waals surface area contributed by atoms with E-state index in [0.29, 0.717) is 0 Å². The van der Waals surface area contributed by atoms with Crippen molar-refractivity contribution in [3.8, 4) is 67.0 Å². The zero-order valence-corrected chi connectivity index (χ0v) is 64.6. The molecule has 2 aliphatic carbocycles. The molecule has 0 spiro atoms. The summed E-state index contributed by atoms with van der Waals surface area (Å²) in [5, 5.41) is 4.89. The van der Waals surface area contributed by atoms with E-state index >= 15 is 0 Å². The number of hydrogen-bond acceptors (Lipinski definition) is 2. The van der Waals surface area contributed by atoms with Gasteiger partial charge in [-0.25, -0.2) is 0 Å². The van der Waals surface area contributed by atoms with Gasteiger partial charge in [0.25, 0.3) is 6.71 Å². The Morgan fingerprint density at radius 1 is 0.257 bits per heavy atom. The van der Waals surface area contributed by atoms with E-state index in [1.807, 2.05) is 0 Å². The van der Waals surface area contributed by atoms with E-state index in [9.17, 15) is 0 Å². The van der Waals surface area contributed by atoms with Crippen LogP contribution in [0.15, 0.2) is 303 Å². The molecule has 109 heavy (non-hydrogen) atoms. The van der Waals surface area contributed by atoms with Crippen molar-refractivity contribution in [2.75, 3.05) is 9.80 Å². The molecular weight excluding hydrogens is 1320 g/mol. The predicted molar refractivity (Wildman–Crippen MR) is 466 cm³/mol. The highest BCUT2D eigenvalue weighted by Gasteiger charge is 2.45. The van der Waals surface area contributed by atoms with Crippen LogP contribution in [-0.4, -0.2) is 15.8 Å². The summed E-state index contributed by atoms with van der Waals surface area (Å²) in [7, 11) is 0. The van der Waals surface area contributed by atoms with Gasteiger partial charge in [-0.2, -0.15) is 0 Å². The minimum Gasteiger partial charge on any atom is -0.311 e. The van der Waals surface area contributed by atoms with E-state index in [4.69, 9.17) is 0 Å². The molecule has 0 fully saturated rings. The van der Waals surface area contributed by atoms with Crippen molar-refractivity contribution in [1.82, 2.24) is 9.13 Å². The van der Waals surface area contributed by atoms with E-state index < -0.39 is 0 Å². The fraction of sp³-hybridized carbons (Fsp3) is 0.192. The Labute approximate surface area is 642 Å². The van der Waals surface area contributed by atoms with Crippen molar-refractivity contribution >= 4 is 101 Å². The van der Waals surface area contributed by atoms with Gasteiger partial charge in [-0.1, -0.05) is 288 Å². The standard InChI is InChI=1S/C104H91BN4/c1-100(2,3)76-41-30-68(31-42-76)75-40-53-95-90(62-75)105-89-50-47-79(108-93-51-38-71(66-22-14-12-15-23-66)58-83(93)84-59-72(39-52-94(84)108)67-24-16-13-17-25-67)63-96(89)107(78-45-34-70(35-46-78)74-37-49-86-88(61-74)104(10,11)57-55-102(86,6)7)98-65-80(109-91-28-20-18-26-81(91)82-27-19-21-29-92(82)109)64-97(99(98)105)106(95)77-43-32-69(33-44-77)73-36-48-85-87(60-73)103(8,9)56-54-101(85,4)5/h12-53,58-65H,54-57H2,1-11H3. The second kappa shape index (κ2) is 24.4. The molecule has 0 radical (unpaired) electrons. The summed E-state index contributed by atoms with van der Waals surface area (Å²) in [5.41, 5.74) is 37.2. The van der Waals surface area contributed by atoms with Gasteiger partial charge in [0.05, 0.1) is 27.8 Å². The monoisotopic (exact) mass is 1410 g/mol. The Bertz CT molecular complexity index is 6230. The molecule has 0 N–H and O–H groups in total. The topological polar surface area (TPSA) is 16.3 Å². The van der Waals surface area contributed by atoms with Gasteiger partial charge in [-0.05, 0) is 244 Å². The molecule has 4 heterocycles. The van der Waals surface area contributed by atoms with E-state index in [-0.39, 0.29) is 33.8 Å². The summed E-state index contributed by atoms with van der Waals surface area (Å²) < 4.78 is 5.07. The molecule has 2 aromatic heterocycles. The maximum absolute atomic E-state index is 2.64. The molecule has 0 saturated heterocycles. The fourth-order valence-electron chi connectivity index (χ4n) is 19.4. The zero-order valence-electron chi connectivity index (χ0n) is 64.6. The van der Waals surface area contributed by atoms with Gasteiger partial charge in [-0.15, -0.1) is 0 Å².